The van der Waals surface area contributed by atoms with E-state index in [9.17, 15) is 4.79 Å². The molecule has 2 aromatic heterocycles. The number of methoxy groups -OCH3 is 1. The number of pyridine rings is 1. The lowest BCUT2D eigenvalue weighted by molar-refractivity contribution is 0.0900. The maximum atomic E-state index is 12.0. The fourth-order valence-electron chi connectivity index (χ4n) is 3.13. The molecule has 0 radical (unpaired) electrons. The Bertz CT molecular complexity index is 674. The van der Waals surface area contributed by atoms with Gasteiger partial charge in [0.1, 0.15) is 0 Å². The first kappa shape index (κ1) is 17.6. The predicted molar refractivity (Wildman–Crippen MR) is 92.2 cm³/mol. The van der Waals surface area contributed by atoms with E-state index in [2.05, 4.69) is 26.4 Å². The van der Waals surface area contributed by atoms with Crippen molar-refractivity contribution in [1.29, 1.82) is 0 Å². The second-order valence-corrected chi connectivity index (χ2v) is 6.30. The summed E-state index contributed by atoms with van der Waals surface area (Å²) in [6.45, 7) is 3.78. The van der Waals surface area contributed by atoms with E-state index in [4.69, 9.17) is 9.26 Å². The van der Waals surface area contributed by atoms with Crippen molar-refractivity contribution in [1.82, 2.24) is 20.4 Å². The molecule has 1 amide bonds. The first-order valence-electron chi connectivity index (χ1n) is 8.61. The number of amides is 1. The van der Waals surface area contributed by atoms with Crippen LogP contribution in [0.15, 0.2) is 35.1 Å². The van der Waals surface area contributed by atoms with E-state index in [0.29, 0.717) is 13.2 Å². The number of piperidine rings is 1. The minimum atomic E-state index is -0.251. The van der Waals surface area contributed by atoms with E-state index < -0.39 is 0 Å². The first-order chi connectivity index (χ1) is 12.3. The summed E-state index contributed by atoms with van der Waals surface area (Å²) in [6, 6.07) is 5.82. The average molecular weight is 344 g/mol. The molecule has 1 saturated heterocycles. The normalized spacial score (nSPS) is 18.2. The van der Waals surface area contributed by atoms with Crippen LogP contribution in [0, 0.1) is 0 Å². The monoisotopic (exact) mass is 344 g/mol. The quantitative estimate of drug-likeness (QED) is 0.772. The van der Waals surface area contributed by atoms with E-state index in [1.165, 1.54) is 5.56 Å². The minimum Gasteiger partial charge on any atom is -0.383 e. The maximum absolute atomic E-state index is 12.0. The van der Waals surface area contributed by atoms with Crippen LogP contribution >= 0.6 is 0 Å². The summed E-state index contributed by atoms with van der Waals surface area (Å²) in [6.07, 6.45) is 5.85. The molecule has 134 valence electrons. The van der Waals surface area contributed by atoms with Crippen molar-refractivity contribution in [2.45, 2.75) is 25.3 Å². The Hall–Kier alpha value is -2.25. The van der Waals surface area contributed by atoms with Gasteiger partial charge in [-0.3, -0.25) is 14.7 Å². The van der Waals surface area contributed by atoms with Gasteiger partial charge in [-0.15, -0.1) is 0 Å². The molecule has 0 aliphatic carbocycles. The molecular formula is C18H24N4O3. The first-order valence-corrected chi connectivity index (χ1v) is 8.61. The largest absolute Gasteiger partial charge is 0.383 e. The zero-order chi connectivity index (χ0) is 17.5. The van der Waals surface area contributed by atoms with Crippen LogP contribution in [0.25, 0.3) is 0 Å². The average Bonchev–Trinajstić information content (AvgIpc) is 3.13. The van der Waals surface area contributed by atoms with Crippen molar-refractivity contribution in [3.63, 3.8) is 0 Å². The summed E-state index contributed by atoms with van der Waals surface area (Å²) < 4.78 is 10.2. The summed E-state index contributed by atoms with van der Waals surface area (Å²) >= 11 is 0. The molecule has 1 aliphatic rings. The van der Waals surface area contributed by atoms with E-state index >= 15 is 0 Å². The molecule has 0 spiro atoms. The topological polar surface area (TPSA) is 80.5 Å². The molecule has 1 aliphatic heterocycles. The third-order valence-electron chi connectivity index (χ3n) is 4.40. The van der Waals surface area contributed by atoms with Gasteiger partial charge in [0.05, 0.1) is 12.3 Å². The fourth-order valence-corrected chi connectivity index (χ4v) is 3.13. The number of likely N-dealkylation sites (tertiary alicyclic amines) is 1. The minimum absolute atomic E-state index is 0.251. The third kappa shape index (κ3) is 4.87. The van der Waals surface area contributed by atoms with Gasteiger partial charge < -0.3 is 14.6 Å². The van der Waals surface area contributed by atoms with Crippen LogP contribution in [0.3, 0.4) is 0 Å². The zero-order valence-corrected chi connectivity index (χ0v) is 14.5. The van der Waals surface area contributed by atoms with Gasteiger partial charge in [-0.05, 0) is 31.0 Å². The summed E-state index contributed by atoms with van der Waals surface area (Å²) in [4.78, 5) is 18.6. The number of hydrogen-bond donors (Lipinski definition) is 1. The summed E-state index contributed by atoms with van der Waals surface area (Å²) in [5.74, 6) is 0.295. The van der Waals surface area contributed by atoms with Crippen molar-refractivity contribution in [3.8, 4) is 0 Å². The van der Waals surface area contributed by atoms with Gasteiger partial charge >= 0.3 is 0 Å². The highest BCUT2D eigenvalue weighted by Gasteiger charge is 2.25. The van der Waals surface area contributed by atoms with Crippen LogP contribution in [-0.4, -0.2) is 54.3 Å². The Morgan fingerprint density at radius 1 is 1.52 bits per heavy atom. The Morgan fingerprint density at radius 3 is 3.24 bits per heavy atom. The lowest BCUT2D eigenvalue weighted by atomic mass is 9.94. The Morgan fingerprint density at radius 2 is 2.44 bits per heavy atom. The molecule has 1 fully saturated rings. The van der Waals surface area contributed by atoms with Gasteiger partial charge in [0.2, 0.25) is 5.76 Å². The molecular weight excluding hydrogens is 320 g/mol. The Labute approximate surface area is 147 Å². The predicted octanol–water partition coefficient (Wildman–Crippen LogP) is 1.83. The smallest absolute Gasteiger partial charge is 0.289 e. The summed E-state index contributed by atoms with van der Waals surface area (Å²) in [5.41, 5.74) is 2.06. The summed E-state index contributed by atoms with van der Waals surface area (Å²) in [5, 5.41) is 6.87. The molecule has 1 atom stereocenters. The Balaban J connectivity index is 1.57. The SMILES string of the molecule is COCCNC(=O)c1cc([C@H]2CCCN(Cc3cccnc3)C2)no1. The van der Waals surface area contributed by atoms with E-state index in [-0.39, 0.29) is 17.6 Å². The van der Waals surface area contributed by atoms with Gasteiger partial charge in [-0.1, -0.05) is 11.2 Å². The van der Waals surface area contributed by atoms with Crippen LogP contribution in [0.1, 0.15) is 40.6 Å². The number of ether oxygens (including phenoxy) is 1. The molecule has 3 rings (SSSR count). The highest BCUT2D eigenvalue weighted by molar-refractivity contribution is 5.91. The number of aromatic nitrogens is 2. The van der Waals surface area contributed by atoms with E-state index in [1.54, 1.807) is 19.4 Å². The lowest BCUT2D eigenvalue weighted by Gasteiger charge is -2.31. The van der Waals surface area contributed by atoms with E-state index in [1.807, 2.05) is 12.3 Å². The maximum Gasteiger partial charge on any atom is 0.289 e. The molecule has 7 heteroatoms. The molecule has 0 unspecified atom stereocenters. The van der Waals surface area contributed by atoms with Crippen molar-refractivity contribution in [2.75, 3.05) is 33.4 Å². The Kier molecular flexibility index (Phi) is 6.14. The molecule has 3 heterocycles. The molecule has 1 N–H and O–H groups in total. The highest BCUT2D eigenvalue weighted by atomic mass is 16.5. The number of nitrogens with zero attached hydrogens (tertiary/aromatic N) is 3. The van der Waals surface area contributed by atoms with Crippen molar-refractivity contribution in [3.05, 3.63) is 47.6 Å². The van der Waals surface area contributed by atoms with Gasteiger partial charge in [-0.2, -0.15) is 0 Å². The van der Waals surface area contributed by atoms with Gasteiger partial charge in [0, 0.05) is 51.1 Å². The number of rotatable bonds is 7. The van der Waals surface area contributed by atoms with Gasteiger partial charge in [0.15, 0.2) is 0 Å². The second-order valence-electron chi connectivity index (χ2n) is 6.30. The van der Waals surface area contributed by atoms with Crippen LogP contribution < -0.4 is 5.32 Å². The number of carbonyl (C=O) groups is 1. The second kappa shape index (κ2) is 8.73. The molecule has 7 nitrogen and oxygen atoms in total. The van der Waals surface area contributed by atoms with Crippen LogP contribution in [0.2, 0.25) is 0 Å². The van der Waals surface area contributed by atoms with Crippen molar-refractivity contribution in [2.24, 2.45) is 0 Å². The van der Waals surface area contributed by atoms with Crippen molar-refractivity contribution >= 4 is 5.91 Å². The van der Waals surface area contributed by atoms with Crippen LogP contribution in [0.5, 0.6) is 0 Å². The molecule has 0 bridgehead atoms. The molecule has 0 aromatic carbocycles. The number of hydrogen-bond acceptors (Lipinski definition) is 6. The fraction of sp³-hybridized carbons (Fsp3) is 0.500. The van der Waals surface area contributed by atoms with E-state index in [0.717, 1.165) is 38.2 Å². The highest BCUT2D eigenvalue weighted by Crippen LogP contribution is 2.27. The lowest BCUT2D eigenvalue weighted by Crippen LogP contribution is -2.34. The molecule has 2 aromatic rings. The van der Waals surface area contributed by atoms with Gasteiger partial charge in [-0.25, -0.2) is 0 Å². The third-order valence-corrected chi connectivity index (χ3v) is 4.40. The molecule has 0 saturated carbocycles. The van der Waals surface area contributed by atoms with Crippen LogP contribution in [-0.2, 0) is 11.3 Å². The number of nitrogens with one attached hydrogen (secondary N) is 1. The number of carbonyl (C=O) groups excluding carboxylic acids is 1. The van der Waals surface area contributed by atoms with Crippen LogP contribution in [0.4, 0.5) is 0 Å². The standard InChI is InChI=1S/C18H24N4O3/c1-24-9-7-20-18(23)17-10-16(21-25-17)15-5-3-8-22(13-15)12-14-4-2-6-19-11-14/h2,4,6,10-11,15H,3,5,7-9,12-13H2,1H3,(H,20,23)/t15-/m0/s1. The van der Waals surface area contributed by atoms with Crippen molar-refractivity contribution < 1.29 is 14.1 Å². The van der Waals surface area contributed by atoms with Gasteiger partial charge in [0.25, 0.3) is 5.91 Å². The molecule has 25 heavy (non-hydrogen) atoms. The summed E-state index contributed by atoms with van der Waals surface area (Å²) in [7, 11) is 1.60. The zero-order valence-electron chi connectivity index (χ0n) is 14.5.